The molecule has 0 aliphatic heterocycles. The van der Waals surface area contributed by atoms with Gasteiger partial charge in [0.25, 0.3) is 0 Å². The molecular weight excluding hydrogens is 332 g/mol. The lowest BCUT2D eigenvalue weighted by atomic mass is 9.81. The molecule has 3 atom stereocenters. The molecule has 0 aliphatic rings. The second-order valence-corrected chi connectivity index (χ2v) is 8.68. The molecule has 0 saturated heterocycles. The SMILES string of the molecule is C=CC[C@H](C(=O)O)[C@H](CC(C)C)C(=O)NC(C(=O)NC(C)C)C(C)(C)C. The van der Waals surface area contributed by atoms with Crippen molar-refractivity contribution < 1.29 is 19.5 Å². The average Bonchev–Trinajstić information content (AvgIpc) is 2.45. The molecule has 0 rings (SSSR count). The van der Waals surface area contributed by atoms with Crippen molar-refractivity contribution in [3.63, 3.8) is 0 Å². The Morgan fingerprint density at radius 1 is 1.00 bits per heavy atom. The first kappa shape index (κ1) is 24.1. The normalized spacial score (nSPS) is 15.3. The standard InChI is InChI=1S/C20H36N2O4/c1-9-10-14(19(25)26)15(11-12(2)3)17(23)22-16(20(6,7)8)18(24)21-13(4)5/h9,12-16H,1,10-11H2,2-8H3,(H,21,24)(H,22,23)(H,25,26)/t14-,15-,16?/m0/s1. The molecule has 3 N–H and O–H groups in total. The number of allylic oxidation sites excluding steroid dienone is 1. The Hall–Kier alpha value is -1.85. The number of carbonyl (C=O) groups is 3. The van der Waals surface area contributed by atoms with Crippen LogP contribution in [-0.2, 0) is 14.4 Å². The van der Waals surface area contributed by atoms with Crippen LogP contribution in [0.25, 0.3) is 0 Å². The van der Waals surface area contributed by atoms with Crippen molar-refractivity contribution in [1.82, 2.24) is 10.6 Å². The molecule has 26 heavy (non-hydrogen) atoms. The Morgan fingerprint density at radius 3 is 1.88 bits per heavy atom. The van der Waals surface area contributed by atoms with Crippen LogP contribution in [-0.4, -0.2) is 35.0 Å². The van der Waals surface area contributed by atoms with Crippen LogP contribution in [0.1, 0.15) is 61.3 Å². The highest BCUT2D eigenvalue weighted by molar-refractivity contribution is 5.91. The van der Waals surface area contributed by atoms with Gasteiger partial charge in [0, 0.05) is 6.04 Å². The topological polar surface area (TPSA) is 95.5 Å². The highest BCUT2D eigenvalue weighted by Crippen LogP contribution is 2.27. The third kappa shape index (κ3) is 8.02. The first-order chi connectivity index (χ1) is 11.8. The van der Waals surface area contributed by atoms with Gasteiger partial charge < -0.3 is 15.7 Å². The molecule has 2 amide bonds. The van der Waals surface area contributed by atoms with Crippen LogP contribution in [0.4, 0.5) is 0 Å². The molecular formula is C20H36N2O4. The number of carboxylic acids is 1. The van der Waals surface area contributed by atoms with Crippen LogP contribution in [0.15, 0.2) is 12.7 Å². The van der Waals surface area contributed by atoms with Gasteiger partial charge in [0.2, 0.25) is 11.8 Å². The van der Waals surface area contributed by atoms with Gasteiger partial charge in [0.15, 0.2) is 0 Å². The van der Waals surface area contributed by atoms with Crippen LogP contribution >= 0.6 is 0 Å². The molecule has 0 aliphatic carbocycles. The van der Waals surface area contributed by atoms with Gasteiger partial charge in [0.1, 0.15) is 6.04 Å². The summed E-state index contributed by atoms with van der Waals surface area (Å²) in [6.45, 7) is 16.8. The van der Waals surface area contributed by atoms with Crippen molar-refractivity contribution in [3.05, 3.63) is 12.7 Å². The fraction of sp³-hybridized carbons (Fsp3) is 0.750. The zero-order valence-corrected chi connectivity index (χ0v) is 17.3. The number of hydrogen-bond acceptors (Lipinski definition) is 3. The quantitative estimate of drug-likeness (QED) is 0.517. The average molecular weight is 369 g/mol. The van der Waals surface area contributed by atoms with E-state index < -0.39 is 35.2 Å². The summed E-state index contributed by atoms with van der Waals surface area (Å²) in [5.74, 6) is -3.11. The zero-order chi connectivity index (χ0) is 20.7. The number of rotatable bonds is 10. The molecule has 150 valence electrons. The molecule has 0 aromatic carbocycles. The van der Waals surface area contributed by atoms with Crippen molar-refractivity contribution in [3.8, 4) is 0 Å². The summed E-state index contributed by atoms with van der Waals surface area (Å²) in [7, 11) is 0. The zero-order valence-electron chi connectivity index (χ0n) is 17.3. The lowest BCUT2D eigenvalue weighted by molar-refractivity contribution is -0.148. The first-order valence-corrected chi connectivity index (χ1v) is 9.25. The van der Waals surface area contributed by atoms with Crippen molar-refractivity contribution in [2.45, 2.75) is 73.4 Å². The van der Waals surface area contributed by atoms with Gasteiger partial charge in [-0.25, -0.2) is 0 Å². The Labute approximate surface area is 157 Å². The maximum atomic E-state index is 13.0. The smallest absolute Gasteiger partial charge is 0.307 e. The summed E-state index contributed by atoms with van der Waals surface area (Å²) < 4.78 is 0. The van der Waals surface area contributed by atoms with Gasteiger partial charge in [-0.05, 0) is 38.0 Å². The van der Waals surface area contributed by atoms with E-state index in [2.05, 4.69) is 17.2 Å². The van der Waals surface area contributed by atoms with Crippen LogP contribution in [0.2, 0.25) is 0 Å². The molecule has 0 heterocycles. The number of amides is 2. The van der Waals surface area contributed by atoms with Gasteiger partial charge >= 0.3 is 5.97 Å². The molecule has 1 unspecified atom stereocenters. The van der Waals surface area contributed by atoms with E-state index in [4.69, 9.17) is 0 Å². The molecule has 6 nitrogen and oxygen atoms in total. The summed E-state index contributed by atoms with van der Waals surface area (Å²) >= 11 is 0. The predicted octanol–water partition coefficient (Wildman–Crippen LogP) is 2.98. The van der Waals surface area contributed by atoms with E-state index in [1.165, 1.54) is 6.08 Å². The molecule has 0 bridgehead atoms. The van der Waals surface area contributed by atoms with E-state index in [0.29, 0.717) is 6.42 Å². The maximum Gasteiger partial charge on any atom is 0.307 e. The molecule has 0 spiro atoms. The summed E-state index contributed by atoms with van der Waals surface area (Å²) in [6.07, 6.45) is 2.16. The highest BCUT2D eigenvalue weighted by atomic mass is 16.4. The van der Waals surface area contributed by atoms with E-state index in [1.54, 1.807) is 0 Å². The second-order valence-electron chi connectivity index (χ2n) is 8.68. The van der Waals surface area contributed by atoms with Gasteiger partial charge in [0.05, 0.1) is 11.8 Å². The van der Waals surface area contributed by atoms with Gasteiger partial charge in [-0.3, -0.25) is 14.4 Å². The summed E-state index contributed by atoms with van der Waals surface area (Å²) in [6, 6.07) is -0.798. The van der Waals surface area contributed by atoms with Crippen molar-refractivity contribution in [2.75, 3.05) is 0 Å². The van der Waals surface area contributed by atoms with Crippen LogP contribution < -0.4 is 10.6 Å². The number of hydrogen-bond donors (Lipinski definition) is 3. The van der Waals surface area contributed by atoms with Gasteiger partial charge in [-0.2, -0.15) is 0 Å². The van der Waals surface area contributed by atoms with E-state index in [0.717, 1.165) is 0 Å². The van der Waals surface area contributed by atoms with Crippen LogP contribution in [0, 0.1) is 23.2 Å². The Morgan fingerprint density at radius 2 is 1.54 bits per heavy atom. The Balaban J connectivity index is 5.61. The minimum Gasteiger partial charge on any atom is -0.481 e. The Kier molecular flexibility index (Phi) is 9.60. The second kappa shape index (κ2) is 10.3. The fourth-order valence-corrected chi connectivity index (χ4v) is 2.87. The van der Waals surface area contributed by atoms with Gasteiger partial charge in [-0.1, -0.05) is 40.7 Å². The monoisotopic (exact) mass is 368 g/mol. The minimum atomic E-state index is -1.02. The minimum absolute atomic E-state index is 0.0525. The van der Waals surface area contributed by atoms with E-state index in [1.807, 2.05) is 48.5 Å². The Bertz CT molecular complexity index is 506. The maximum absolute atomic E-state index is 13.0. The summed E-state index contributed by atoms with van der Waals surface area (Å²) in [5.41, 5.74) is -0.506. The predicted molar refractivity (Wildman–Crippen MR) is 104 cm³/mol. The third-order valence-corrected chi connectivity index (χ3v) is 4.13. The highest BCUT2D eigenvalue weighted by Gasteiger charge is 2.38. The molecule has 0 saturated carbocycles. The van der Waals surface area contributed by atoms with E-state index in [9.17, 15) is 19.5 Å². The summed E-state index contributed by atoms with van der Waals surface area (Å²) in [5, 5.41) is 15.2. The molecule has 0 aromatic heterocycles. The van der Waals surface area contributed by atoms with E-state index in [-0.39, 0.29) is 24.3 Å². The molecule has 6 heteroatoms. The lowest BCUT2D eigenvalue weighted by Gasteiger charge is -2.33. The number of carbonyl (C=O) groups excluding carboxylic acids is 2. The molecule has 0 radical (unpaired) electrons. The fourth-order valence-electron chi connectivity index (χ4n) is 2.87. The van der Waals surface area contributed by atoms with Crippen LogP contribution in [0.5, 0.6) is 0 Å². The first-order valence-electron chi connectivity index (χ1n) is 9.25. The summed E-state index contributed by atoms with van der Waals surface area (Å²) in [4.78, 5) is 37.2. The molecule has 0 fully saturated rings. The van der Waals surface area contributed by atoms with Crippen molar-refractivity contribution >= 4 is 17.8 Å². The van der Waals surface area contributed by atoms with Crippen molar-refractivity contribution in [2.24, 2.45) is 23.2 Å². The molecule has 0 aromatic rings. The largest absolute Gasteiger partial charge is 0.481 e. The lowest BCUT2D eigenvalue weighted by Crippen LogP contribution is -2.56. The third-order valence-electron chi connectivity index (χ3n) is 4.13. The van der Waals surface area contributed by atoms with Crippen LogP contribution in [0.3, 0.4) is 0 Å². The van der Waals surface area contributed by atoms with Gasteiger partial charge in [-0.15, -0.1) is 6.58 Å². The van der Waals surface area contributed by atoms with E-state index >= 15 is 0 Å². The van der Waals surface area contributed by atoms with Crippen molar-refractivity contribution in [1.29, 1.82) is 0 Å². The number of aliphatic carboxylic acids is 1. The number of nitrogens with one attached hydrogen (secondary N) is 2. The number of carboxylic acid groups (broad SMARTS) is 1.